The molecule has 0 aliphatic carbocycles. The second-order valence-corrected chi connectivity index (χ2v) is 2.41. The lowest BCUT2D eigenvalue weighted by atomic mass is 10.1. The van der Waals surface area contributed by atoms with E-state index in [1.54, 1.807) is 12.3 Å². The molecule has 0 unspecified atom stereocenters. The standard InChI is InChI=1S/C9H9NO.ClH/c1-7(2)9-3-8(6-11)4-10-5-9;/h3-6H,1H2,2H3;1H. The number of allylic oxidation sites excluding steroid dienone is 1. The number of pyridine rings is 1. The second-order valence-electron chi connectivity index (χ2n) is 2.41. The number of aromatic nitrogens is 1. The summed E-state index contributed by atoms with van der Waals surface area (Å²) in [7, 11) is 0. The fourth-order valence-corrected chi connectivity index (χ4v) is 0.756. The first-order valence-corrected chi connectivity index (χ1v) is 3.30. The van der Waals surface area contributed by atoms with Crippen molar-refractivity contribution in [2.45, 2.75) is 6.92 Å². The number of carbonyl (C=O) groups excluding carboxylic acids is 1. The predicted octanol–water partition coefficient (Wildman–Crippen LogP) is 2.35. The van der Waals surface area contributed by atoms with Crippen molar-refractivity contribution in [2.24, 2.45) is 0 Å². The summed E-state index contributed by atoms with van der Waals surface area (Å²) in [6.07, 6.45) is 3.99. The molecule has 0 aliphatic rings. The lowest BCUT2D eigenvalue weighted by Crippen LogP contribution is -1.85. The molecular weight excluding hydrogens is 174 g/mol. The highest BCUT2D eigenvalue weighted by Gasteiger charge is 1.94. The van der Waals surface area contributed by atoms with Gasteiger partial charge in [0.05, 0.1) is 0 Å². The summed E-state index contributed by atoms with van der Waals surface area (Å²) in [6.45, 7) is 5.63. The summed E-state index contributed by atoms with van der Waals surface area (Å²) in [6, 6.07) is 1.77. The zero-order chi connectivity index (χ0) is 8.27. The Kier molecular flexibility index (Phi) is 4.22. The summed E-state index contributed by atoms with van der Waals surface area (Å²) in [5, 5.41) is 0. The quantitative estimate of drug-likeness (QED) is 0.659. The van der Waals surface area contributed by atoms with E-state index in [0.717, 1.165) is 17.4 Å². The molecule has 0 saturated carbocycles. The molecule has 2 nitrogen and oxygen atoms in total. The predicted molar refractivity (Wildman–Crippen MR) is 51.6 cm³/mol. The summed E-state index contributed by atoms with van der Waals surface area (Å²) in [5.74, 6) is 0. The molecule has 0 aliphatic heterocycles. The van der Waals surface area contributed by atoms with Crippen LogP contribution in [0, 0.1) is 0 Å². The Morgan fingerprint density at radius 3 is 2.75 bits per heavy atom. The van der Waals surface area contributed by atoms with Crippen molar-refractivity contribution >= 4 is 24.3 Å². The number of aldehydes is 1. The minimum atomic E-state index is 0. The Balaban J connectivity index is 0.00000121. The third-order valence-corrected chi connectivity index (χ3v) is 1.39. The molecule has 0 bridgehead atoms. The number of hydrogen-bond acceptors (Lipinski definition) is 2. The van der Waals surface area contributed by atoms with E-state index in [1.807, 2.05) is 6.92 Å². The molecule has 1 aromatic rings. The van der Waals surface area contributed by atoms with Gasteiger partial charge in [-0.05, 0) is 24.1 Å². The van der Waals surface area contributed by atoms with Gasteiger partial charge in [0.25, 0.3) is 0 Å². The highest BCUT2D eigenvalue weighted by molar-refractivity contribution is 5.85. The SMILES string of the molecule is C=C(C)c1cncc(C=O)c1.Cl. The molecule has 0 spiro atoms. The third-order valence-electron chi connectivity index (χ3n) is 1.39. The van der Waals surface area contributed by atoms with Gasteiger partial charge in [-0.15, -0.1) is 12.4 Å². The average Bonchev–Trinajstić information content (AvgIpc) is 2.05. The number of nitrogens with zero attached hydrogens (tertiary/aromatic N) is 1. The van der Waals surface area contributed by atoms with Crippen molar-refractivity contribution in [3.8, 4) is 0 Å². The van der Waals surface area contributed by atoms with Gasteiger partial charge in [-0.3, -0.25) is 9.78 Å². The first-order chi connectivity index (χ1) is 5.24. The van der Waals surface area contributed by atoms with Crippen molar-refractivity contribution in [3.05, 3.63) is 36.2 Å². The van der Waals surface area contributed by atoms with Crippen LogP contribution in [0.2, 0.25) is 0 Å². The van der Waals surface area contributed by atoms with Gasteiger partial charge >= 0.3 is 0 Å². The van der Waals surface area contributed by atoms with E-state index >= 15 is 0 Å². The molecule has 0 aromatic carbocycles. The summed E-state index contributed by atoms with van der Waals surface area (Å²) < 4.78 is 0. The van der Waals surface area contributed by atoms with Gasteiger partial charge in [-0.25, -0.2) is 0 Å². The molecule has 0 saturated heterocycles. The minimum absolute atomic E-state index is 0. The number of hydrogen-bond donors (Lipinski definition) is 0. The molecule has 0 fully saturated rings. The van der Waals surface area contributed by atoms with Crippen molar-refractivity contribution in [1.29, 1.82) is 0 Å². The zero-order valence-electron chi connectivity index (χ0n) is 6.78. The highest BCUT2D eigenvalue weighted by atomic mass is 35.5. The third kappa shape index (κ3) is 2.47. The second kappa shape index (κ2) is 4.67. The van der Waals surface area contributed by atoms with Crippen LogP contribution in [0.3, 0.4) is 0 Å². The van der Waals surface area contributed by atoms with Crippen molar-refractivity contribution < 1.29 is 4.79 Å². The van der Waals surface area contributed by atoms with E-state index in [-0.39, 0.29) is 12.4 Å². The zero-order valence-corrected chi connectivity index (χ0v) is 7.60. The molecule has 0 N–H and O–H groups in total. The first kappa shape index (κ1) is 10.8. The van der Waals surface area contributed by atoms with Gasteiger partial charge < -0.3 is 0 Å². The van der Waals surface area contributed by atoms with Crippen LogP contribution in [0.15, 0.2) is 25.0 Å². The Hall–Kier alpha value is -1.15. The smallest absolute Gasteiger partial charge is 0.151 e. The number of rotatable bonds is 2. The molecule has 1 heterocycles. The Bertz CT molecular complexity index is 296. The van der Waals surface area contributed by atoms with Crippen molar-refractivity contribution in [1.82, 2.24) is 4.98 Å². The van der Waals surface area contributed by atoms with Gasteiger partial charge in [-0.2, -0.15) is 0 Å². The van der Waals surface area contributed by atoms with E-state index in [0.29, 0.717) is 5.56 Å². The molecule has 3 heteroatoms. The topological polar surface area (TPSA) is 30.0 Å². The monoisotopic (exact) mass is 183 g/mol. The van der Waals surface area contributed by atoms with Crippen molar-refractivity contribution in [2.75, 3.05) is 0 Å². The van der Waals surface area contributed by atoms with E-state index < -0.39 is 0 Å². The number of halogens is 1. The maximum absolute atomic E-state index is 10.3. The lowest BCUT2D eigenvalue weighted by molar-refractivity contribution is 0.112. The lowest BCUT2D eigenvalue weighted by Gasteiger charge is -1.97. The largest absolute Gasteiger partial charge is 0.298 e. The molecule has 12 heavy (non-hydrogen) atoms. The van der Waals surface area contributed by atoms with Gasteiger partial charge in [0.2, 0.25) is 0 Å². The van der Waals surface area contributed by atoms with E-state index in [4.69, 9.17) is 0 Å². The summed E-state index contributed by atoms with van der Waals surface area (Å²) >= 11 is 0. The van der Waals surface area contributed by atoms with Gasteiger partial charge in [0.15, 0.2) is 6.29 Å². The van der Waals surface area contributed by atoms with Gasteiger partial charge in [0, 0.05) is 18.0 Å². The van der Waals surface area contributed by atoms with Crippen LogP contribution in [0.1, 0.15) is 22.8 Å². The minimum Gasteiger partial charge on any atom is -0.298 e. The summed E-state index contributed by atoms with van der Waals surface area (Å²) in [5.41, 5.74) is 2.42. The molecule has 0 amide bonds. The van der Waals surface area contributed by atoms with Crippen LogP contribution in [0.5, 0.6) is 0 Å². The fraction of sp³-hybridized carbons (Fsp3) is 0.111. The maximum atomic E-state index is 10.3. The van der Waals surface area contributed by atoms with Crippen LogP contribution < -0.4 is 0 Å². The number of carbonyl (C=O) groups is 1. The molecular formula is C9H10ClNO. The van der Waals surface area contributed by atoms with Crippen LogP contribution in [0.25, 0.3) is 5.57 Å². The van der Waals surface area contributed by atoms with E-state index in [1.165, 1.54) is 6.20 Å². The molecule has 0 atom stereocenters. The van der Waals surface area contributed by atoms with Gasteiger partial charge in [0.1, 0.15) is 0 Å². The molecule has 1 rings (SSSR count). The average molecular weight is 184 g/mol. The van der Waals surface area contributed by atoms with Crippen LogP contribution in [-0.4, -0.2) is 11.3 Å². The first-order valence-electron chi connectivity index (χ1n) is 3.30. The Morgan fingerprint density at radius 1 is 1.58 bits per heavy atom. The fourth-order valence-electron chi connectivity index (χ4n) is 0.756. The van der Waals surface area contributed by atoms with E-state index in [9.17, 15) is 4.79 Å². The maximum Gasteiger partial charge on any atom is 0.151 e. The summed E-state index contributed by atoms with van der Waals surface area (Å²) in [4.78, 5) is 14.2. The molecule has 64 valence electrons. The molecule has 1 aromatic heterocycles. The van der Waals surface area contributed by atoms with Crippen LogP contribution in [-0.2, 0) is 0 Å². The van der Waals surface area contributed by atoms with E-state index in [2.05, 4.69) is 11.6 Å². The Morgan fingerprint density at radius 2 is 2.25 bits per heavy atom. The van der Waals surface area contributed by atoms with Crippen molar-refractivity contribution in [3.63, 3.8) is 0 Å². The highest BCUT2D eigenvalue weighted by Crippen LogP contribution is 2.09. The normalized spacial score (nSPS) is 8.42. The van der Waals surface area contributed by atoms with Crippen LogP contribution in [0.4, 0.5) is 0 Å². The van der Waals surface area contributed by atoms with Gasteiger partial charge in [-0.1, -0.05) is 6.58 Å². The Labute approximate surface area is 77.7 Å². The molecule has 0 radical (unpaired) electrons. The van der Waals surface area contributed by atoms with Crippen LogP contribution >= 0.6 is 12.4 Å².